The summed E-state index contributed by atoms with van der Waals surface area (Å²) in [7, 11) is 0. The Bertz CT molecular complexity index is 631. The number of hydrogen-bond acceptors (Lipinski definition) is 3. The molecule has 0 saturated carbocycles. The van der Waals surface area contributed by atoms with Gasteiger partial charge in [-0.1, -0.05) is 34.8 Å². The topological polar surface area (TPSA) is 25.8 Å². The van der Waals surface area contributed by atoms with E-state index in [2.05, 4.69) is 9.97 Å². The quantitative estimate of drug-likeness (QED) is 0.703. The van der Waals surface area contributed by atoms with Crippen molar-refractivity contribution in [2.45, 2.75) is 11.5 Å². The van der Waals surface area contributed by atoms with Gasteiger partial charge in [-0.15, -0.1) is 0 Å². The van der Waals surface area contributed by atoms with E-state index in [0.29, 0.717) is 21.0 Å². The Labute approximate surface area is 124 Å². The molecule has 0 fully saturated rings. The van der Waals surface area contributed by atoms with Crippen LogP contribution in [-0.2, 0) is 11.5 Å². The minimum Gasteiger partial charge on any atom is -0.232 e. The highest BCUT2D eigenvalue weighted by molar-refractivity contribution is 7.98. The summed E-state index contributed by atoms with van der Waals surface area (Å²) in [6.07, 6.45) is 0. The molecule has 2 aromatic rings. The molecule has 92 valence electrons. The highest BCUT2D eigenvalue weighted by Gasteiger charge is 2.19. The van der Waals surface area contributed by atoms with Gasteiger partial charge in [-0.3, -0.25) is 0 Å². The van der Waals surface area contributed by atoms with Crippen LogP contribution >= 0.6 is 46.6 Å². The zero-order chi connectivity index (χ0) is 12.7. The minimum atomic E-state index is 0.490. The molecular formula is C12H7Cl3N2S. The van der Waals surface area contributed by atoms with E-state index in [9.17, 15) is 0 Å². The highest BCUT2D eigenvalue weighted by atomic mass is 35.5. The van der Waals surface area contributed by atoms with E-state index in [-0.39, 0.29) is 0 Å². The van der Waals surface area contributed by atoms with Gasteiger partial charge in [0.1, 0.15) is 5.15 Å². The van der Waals surface area contributed by atoms with Crippen LogP contribution in [0.1, 0.15) is 11.3 Å². The van der Waals surface area contributed by atoms with Crippen molar-refractivity contribution in [2.24, 2.45) is 0 Å². The maximum absolute atomic E-state index is 6.17. The van der Waals surface area contributed by atoms with Gasteiger partial charge in [-0.25, -0.2) is 9.97 Å². The molecule has 6 heteroatoms. The average Bonchev–Trinajstić information content (AvgIpc) is 2.81. The van der Waals surface area contributed by atoms with Crippen LogP contribution < -0.4 is 0 Å². The monoisotopic (exact) mass is 316 g/mol. The van der Waals surface area contributed by atoms with Gasteiger partial charge in [0.2, 0.25) is 0 Å². The van der Waals surface area contributed by atoms with Crippen molar-refractivity contribution < 1.29 is 0 Å². The van der Waals surface area contributed by atoms with E-state index in [0.717, 1.165) is 28.3 Å². The Morgan fingerprint density at radius 2 is 1.83 bits per heavy atom. The van der Waals surface area contributed by atoms with Gasteiger partial charge in [0.15, 0.2) is 5.82 Å². The predicted molar refractivity (Wildman–Crippen MR) is 77.5 cm³/mol. The van der Waals surface area contributed by atoms with Crippen molar-refractivity contribution >= 4 is 46.6 Å². The van der Waals surface area contributed by atoms with Crippen LogP contribution in [0.25, 0.3) is 11.4 Å². The van der Waals surface area contributed by atoms with E-state index in [4.69, 9.17) is 34.8 Å². The lowest BCUT2D eigenvalue weighted by Crippen LogP contribution is -1.97. The first kappa shape index (κ1) is 12.5. The zero-order valence-electron chi connectivity index (χ0n) is 9.08. The molecule has 0 radical (unpaired) electrons. The Morgan fingerprint density at radius 3 is 2.61 bits per heavy atom. The Balaban J connectivity index is 2.12. The molecule has 3 rings (SSSR count). The fourth-order valence-corrected chi connectivity index (χ4v) is 3.45. The molecule has 1 aliphatic heterocycles. The molecule has 1 aliphatic rings. The van der Waals surface area contributed by atoms with Crippen molar-refractivity contribution in [2.75, 3.05) is 0 Å². The predicted octanol–water partition coefficient (Wildman–Crippen LogP) is 4.85. The van der Waals surface area contributed by atoms with Crippen LogP contribution in [0.4, 0.5) is 0 Å². The van der Waals surface area contributed by atoms with E-state index >= 15 is 0 Å². The molecule has 2 heterocycles. The summed E-state index contributed by atoms with van der Waals surface area (Å²) in [5.41, 5.74) is 2.89. The van der Waals surface area contributed by atoms with Gasteiger partial charge in [-0.2, -0.15) is 11.8 Å². The largest absolute Gasteiger partial charge is 0.232 e. The maximum Gasteiger partial charge on any atom is 0.161 e. The zero-order valence-corrected chi connectivity index (χ0v) is 12.2. The molecule has 2 nitrogen and oxygen atoms in total. The summed E-state index contributed by atoms with van der Waals surface area (Å²) in [5.74, 6) is 2.36. The molecule has 0 spiro atoms. The van der Waals surface area contributed by atoms with E-state index in [1.807, 2.05) is 6.07 Å². The van der Waals surface area contributed by atoms with Crippen molar-refractivity contribution in [3.63, 3.8) is 0 Å². The summed E-state index contributed by atoms with van der Waals surface area (Å²) in [6, 6.07) is 5.33. The van der Waals surface area contributed by atoms with Gasteiger partial charge in [-0.05, 0) is 18.2 Å². The molecular weight excluding hydrogens is 311 g/mol. The third-order valence-corrected chi connectivity index (χ3v) is 4.73. The molecule has 18 heavy (non-hydrogen) atoms. The average molecular weight is 318 g/mol. The van der Waals surface area contributed by atoms with Crippen molar-refractivity contribution in [1.29, 1.82) is 0 Å². The SMILES string of the molecule is Clc1ccc(-c2nc(Cl)c3c(n2)CSC3)cc1Cl. The molecule has 0 atom stereocenters. The number of halogens is 3. The maximum atomic E-state index is 6.17. The molecule has 0 bridgehead atoms. The molecule has 1 aromatic heterocycles. The lowest BCUT2D eigenvalue weighted by molar-refractivity contribution is 1.07. The fourth-order valence-electron chi connectivity index (χ4n) is 1.78. The molecule has 1 aromatic carbocycles. The first-order valence-corrected chi connectivity index (χ1v) is 7.52. The third kappa shape index (κ3) is 2.21. The van der Waals surface area contributed by atoms with Gasteiger partial charge in [0, 0.05) is 22.6 Å². The first-order chi connectivity index (χ1) is 8.65. The van der Waals surface area contributed by atoms with Crippen molar-refractivity contribution in [1.82, 2.24) is 9.97 Å². The summed E-state index contributed by atoms with van der Waals surface area (Å²) in [5, 5.41) is 1.54. The number of aromatic nitrogens is 2. The third-order valence-electron chi connectivity index (χ3n) is 2.71. The standard InChI is InChI=1S/C12H7Cl3N2S/c13-8-2-1-6(3-9(8)14)12-16-10-5-18-4-7(10)11(15)17-12/h1-3H,4-5H2. The molecule has 0 amide bonds. The molecule has 0 saturated heterocycles. The first-order valence-electron chi connectivity index (χ1n) is 5.23. The number of fused-ring (bicyclic) bond motifs is 1. The van der Waals surface area contributed by atoms with Crippen LogP contribution in [0.5, 0.6) is 0 Å². The van der Waals surface area contributed by atoms with Crippen LogP contribution in [-0.4, -0.2) is 9.97 Å². The number of thioether (sulfide) groups is 1. The summed E-state index contributed by atoms with van der Waals surface area (Å²) < 4.78 is 0. The van der Waals surface area contributed by atoms with Gasteiger partial charge >= 0.3 is 0 Å². The lowest BCUT2D eigenvalue weighted by Gasteiger charge is -2.06. The van der Waals surface area contributed by atoms with Crippen molar-refractivity contribution in [3.8, 4) is 11.4 Å². The van der Waals surface area contributed by atoms with Crippen LogP contribution in [0.2, 0.25) is 15.2 Å². The van der Waals surface area contributed by atoms with Crippen molar-refractivity contribution in [3.05, 3.63) is 44.7 Å². The second-order valence-corrected chi connectivity index (χ2v) is 6.04. The normalized spacial score (nSPS) is 13.7. The highest BCUT2D eigenvalue weighted by Crippen LogP contribution is 2.35. The van der Waals surface area contributed by atoms with E-state index in [1.165, 1.54) is 0 Å². The second-order valence-electron chi connectivity index (χ2n) is 3.88. The molecule has 0 unspecified atom stereocenters. The van der Waals surface area contributed by atoms with Gasteiger partial charge < -0.3 is 0 Å². The van der Waals surface area contributed by atoms with Crippen LogP contribution in [0.15, 0.2) is 18.2 Å². The summed E-state index contributed by atoms with van der Waals surface area (Å²) in [4.78, 5) is 8.86. The van der Waals surface area contributed by atoms with Crippen LogP contribution in [0, 0.1) is 0 Å². The number of hydrogen-bond donors (Lipinski definition) is 0. The lowest BCUT2D eigenvalue weighted by atomic mass is 10.2. The fraction of sp³-hybridized carbons (Fsp3) is 0.167. The summed E-state index contributed by atoms with van der Waals surface area (Å²) >= 11 is 19.9. The Kier molecular flexibility index (Phi) is 3.41. The second kappa shape index (κ2) is 4.89. The molecule has 0 aliphatic carbocycles. The summed E-state index contributed by atoms with van der Waals surface area (Å²) in [6.45, 7) is 0. The minimum absolute atomic E-state index is 0.490. The van der Waals surface area contributed by atoms with Gasteiger partial charge in [0.25, 0.3) is 0 Å². The number of rotatable bonds is 1. The Hall–Kier alpha value is -0.480. The Morgan fingerprint density at radius 1 is 1.00 bits per heavy atom. The van der Waals surface area contributed by atoms with E-state index in [1.54, 1.807) is 23.9 Å². The van der Waals surface area contributed by atoms with Crippen LogP contribution in [0.3, 0.4) is 0 Å². The van der Waals surface area contributed by atoms with Gasteiger partial charge in [0.05, 0.1) is 15.7 Å². The molecule has 0 N–H and O–H groups in total. The smallest absolute Gasteiger partial charge is 0.161 e. The van der Waals surface area contributed by atoms with E-state index < -0.39 is 0 Å². The number of nitrogens with zero attached hydrogens (tertiary/aromatic N) is 2. The number of benzene rings is 1.